The van der Waals surface area contributed by atoms with Gasteiger partial charge in [0.2, 0.25) is 0 Å². The van der Waals surface area contributed by atoms with Crippen LogP contribution in [0, 0.1) is 5.92 Å². The molecule has 5 N–H and O–H groups in total. The summed E-state index contributed by atoms with van der Waals surface area (Å²) in [6.07, 6.45) is 4.85. The number of carbonyl (C=O) groups is 1. The molecule has 0 aliphatic heterocycles. The molecule has 0 aliphatic carbocycles. The maximum atomic E-state index is 11.2. The lowest BCUT2D eigenvalue weighted by molar-refractivity contribution is 0.100. The summed E-state index contributed by atoms with van der Waals surface area (Å²) in [4.78, 5) is 15.4. The largest absolute Gasteiger partial charge is 0.369 e. The van der Waals surface area contributed by atoms with Gasteiger partial charge in [0.05, 0.1) is 5.56 Å². The molecule has 1 atom stereocenters. The van der Waals surface area contributed by atoms with Crippen LogP contribution in [0.1, 0.15) is 36.5 Å². The monoisotopic (exact) mass is 250 g/mol. The summed E-state index contributed by atoms with van der Waals surface area (Å²) < 4.78 is 0. The Morgan fingerprint density at radius 1 is 1.50 bits per heavy atom. The highest BCUT2D eigenvalue weighted by atomic mass is 16.1. The molecule has 100 valence electrons. The summed E-state index contributed by atoms with van der Waals surface area (Å²) in [6.45, 7) is 3.60. The van der Waals surface area contributed by atoms with Gasteiger partial charge in [0.15, 0.2) is 0 Å². The lowest BCUT2D eigenvalue weighted by atomic mass is 10.00. The zero-order chi connectivity index (χ0) is 13.4. The number of hydrogen-bond donors (Lipinski definition) is 3. The molecule has 1 aromatic heterocycles. The number of nitrogens with two attached hydrogens (primary N) is 2. The van der Waals surface area contributed by atoms with Gasteiger partial charge in [-0.05, 0) is 37.4 Å². The highest BCUT2D eigenvalue weighted by Crippen LogP contribution is 2.14. The van der Waals surface area contributed by atoms with E-state index in [0.717, 1.165) is 25.8 Å². The second-order valence-electron chi connectivity index (χ2n) is 4.38. The molecule has 18 heavy (non-hydrogen) atoms. The van der Waals surface area contributed by atoms with Crippen LogP contribution in [-0.2, 0) is 0 Å². The first-order valence-corrected chi connectivity index (χ1v) is 6.37. The minimum Gasteiger partial charge on any atom is -0.369 e. The second-order valence-corrected chi connectivity index (χ2v) is 4.38. The van der Waals surface area contributed by atoms with Crippen molar-refractivity contribution >= 4 is 11.7 Å². The van der Waals surface area contributed by atoms with E-state index < -0.39 is 5.91 Å². The molecule has 5 nitrogen and oxygen atoms in total. The molecule has 1 heterocycles. The molecule has 0 bridgehead atoms. The van der Waals surface area contributed by atoms with Crippen LogP contribution in [0.2, 0.25) is 0 Å². The van der Waals surface area contributed by atoms with Gasteiger partial charge in [-0.15, -0.1) is 0 Å². The Balaban J connectivity index is 2.63. The zero-order valence-electron chi connectivity index (χ0n) is 10.9. The number of carbonyl (C=O) groups excluding carboxylic acids is 1. The summed E-state index contributed by atoms with van der Waals surface area (Å²) >= 11 is 0. The van der Waals surface area contributed by atoms with Crippen molar-refractivity contribution in [1.29, 1.82) is 0 Å². The van der Waals surface area contributed by atoms with Gasteiger partial charge in [0, 0.05) is 12.7 Å². The highest BCUT2D eigenvalue weighted by Gasteiger charge is 2.11. The van der Waals surface area contributed by atoms with Crippen molar-refractivity contribution in [3.05, 3.63) is 23.9 Å². The molecule has 0 saturated heterocycles. The fraction of sp³-hybridized carbons (Fsp3) is 0.538. The Labute approximate surface area is 108 Å². The minimum atomic E-state index is -0.462. The van der Waals surface area contributed by atoms with Crippen LogP contribution in [0.15, 0.2) is 18.3 Å². The number of nitrogens with one attached hydrogen (secondary N) is 1. The second kappa shape index (κ2) is 7.66. The maximum absolute atomic E-state index is 11.2. The highest BCUT2D eigenvalue weighted by molar-refractivity contribution is 5.97. The van der Waals surface area contributed by atoms with Crippen LogP contribution in [0.25, 0.3) is 0 Å². The van der Waals surface area contributed by atoms with E-state index in [1.807, 2.05) is 0 Å². The number of nitrogens with zero attached hydrogens (tertiary/aromatic N) is 1. The van der Waals surface area contributed by atoms with Crippen LogP contribution in [0.5, 0.6) is 0 Å². The minimum absolute atomic E-state index is 0.431. The van der Waals surface area contributed by atoms with Gasteiger partial charge in [-0.2, -0.15) is 0 Å². The van der Waals surface area contributed by atoms with Crippen LogP contribution >= 0.6 is 0 Å². The first-order valence-electron chi connectivity index (χ1n) is 6.37. The van der Waals surface area contributed by atoms with Crippen LogP contribution in [0.4, 0.5) is 5.82 Å². The van der Waals surface area contributed by atoms with E-state index in [0.29, 0.717) is 23.8 Å². The third kappa shape index (κ3) is 4.33. The number of hydrogen-bond acceptors (Lipinski definition) is 4. The number of primary amides is 1. The van der Waals surface area contributed by atoms with E-state index in [9.17, 15) is 4.79 Å². The molecule has 1 aromatic rings. The molecule has 0 fully saturated rings. The SMILES string of the molecule is CCCC(CCN)CNc1ncccc1C(N)=O. The predicted octanol–water partition coefficient (Wildman–Crippen LogP) is 1.36. The van der Waals surface area contributed by atoms with E-state index in [-0.39, 0.29) is 0 Å². The molecule has 0 radical (unpaired) electrons. The number of pyridine rings is 1. The standard InChI is InChI=1S/C13H22N4O/c1-2-4-10(6-7-14)9-17-13-11(12(15)18)5-3-8-16-13/h3,5,8,10H,2,4,6-7,9,14H2,1H3,(H2,15,18)(H,16,17). The Morgan fingerprint density at radius 3 is 2.89 bits per heavy atom. The van der Waals surface area contributed by atoms with Gasteiger partial charge in [-0.3, -0.25) is 4.79 Å². The summed E-state index contributed by atoms with van der Waals surface area (Å²) in [5, 5.41) is 3.20. The van der Waals surface area contributed by atoms with E-state index in [1.165, 1.54) is 0 Å². The van der Waals surface area contributed by atoms with Crippen molar-refractivity contribution in [2.45, 2.75) is 26.2 Å². The smallest absolute Gasteiger partial charge is 0.252 e. The lowest BCUT2D eigenvalue weighted by Gasteiger charge is -2.17. The van der Waals surface area contributed by atoms with E-state index in [2.05, 4.69) is 17.2 Å². The van der Waals surface area contributed by atoms with Crippen molar-refractivity contribution in [3.63, 3.8) is 0 Å². The third-order valence-electron chi connectivity index (χ3n) is 2.90. The Hall–Kier alpha value is -1.62. The van der Waals surface area contributed by atoms with Gasteiger partial charge >= 0.3 is 0 Å². The van der Waals surface area contributed by atoms with Gasteiger partial charge < -0.3 is 16.8 Å². The number of rotatable bonds is 8. The van der Waals surface area contributed by atoms with Crippen molar-refractivity contribution < 1.29 is 4.79 Å². The van der Waals surface area contributed by atoms with Gasteiger partial charge in [-0.1, -0.05) is 13.3 Å². The number of aromatic nitrogens is 1. The molecular weight excluding hydrogens is 228 g/mol. The molecular formula is C13H22N4O. The van der Waals surface area contributed by atoms with Crippen molar-refractivity contribution in [3.8, 4) is 0 Å². The van der Waals surface area contributed by atoms with Gasteiger partial charge in [0.1, 0.15) is 5.82 Å². The molecule has 5 heteroatoms. The van der Waals surface area contributed by atoms with Crippen LogP contribution < -0.4 is 16.8 Å². The Morgan fingerprint density at radius 2 is 2.28 bits per heavy atom. The molecule has 0 saturated carbocycles. The van der Waals surface area contributed by atoms with Gasteiger partial charge in [0.25, 0.3) is 5.91 Å². The average molecular weight is 250 g/mol. The number of anilines is 1. The predicted molar refractivity (Wildman–Crippen MR) is 73.3 cm³/mol. The van der Waals surface area contributed by atoms with Crippen LogP contribution in [-0.4, -0.2) is 24.0 Å². The summed E-state index contributed by atoms with van der Waals surface area (Å²) in [6, 6.07) is 3.38. The fourth-order valence-corrected chi connectivity index (χ4v) is 1.98. The normalized spacial score (nSPS) is 12.1. The topological polar surface area (TPSA) is 94.0 Å². The lowest BCUT2D eigenvalue weighted by Crippen LogP contribution is -2.21. The third-order valence-corrected chi connectivity index (χ3v) is 2.90. The molecule has 1 unspecified atom stereocenters. The maximum Gasteiger partial charge on any atom is 0.252 e. The summed E-state index contributed by atoms with van der Waals surface area (Å²) in [5.74, 6) is 0.599. The van der Waals surface area contributed by atoms with E-state index >= 15 is 0 Å². The average Bonchev–Trinajstić information content (AvgIpc) is 2.36. The molecule has 0 aliphatic rings. The Bertz CT molecular complexity index is 375. The van der Waals surface area contributed by atoms with E-state index in [1.54, 1.807) is 18.3 Å². The van der Waals surface area contributed by atoms with E-state index in [4.69, 9.17) is 11.5 Å². The Kier molecular flexibility index (Phi) is 6.14. The summed E-state index contributed by atoms with van der Waals surface area (Å²) in [7, 11) is 0. The zero-order valence-corrected chi connectivity index (χ0v) is 10.9. The van der Waals surface area contributed by atoms with Crippen molar-refractivity contribution in [1.82, 2.24) is 4.98 Å². The molecule has 1 amide bonds. The first-order chi connectivity index (χ1) is 8.69. The van der Waals surface area contributed by atoms with Gasteiger partial charge in [-0.25, -0.2) is 4.98 Å². The first kappa shape index (κ1) is 14.4. The fourth-order valence-electron chi connectivity index (χ4n) is 1.98. The quantitative estimate of drug-likeness (QED) is 0.649. The van der Waals surface area contributed by atoms with Crippen LogP contribution in [0.3, 0.4) is 0 Å². The van der Waals surface area contributed by atoms with Crippen molar-refractivity contribution in [2.24, 2.45) is 17.4 Å². The molecule has 0 spiro atoms. The van der Waals surface area contributed by atoms with Crippen molar-refractivity contribution in [2.75, 3.05) is 18.4 Å². The molecule has 1 rings (SSSR count). The summed E-state index contributed by atoms with van der Waals surface area (Å²) in [5.41, 5.74) is 11.3. The molecule has 0 aromatic carbocycles. The number of amides is 1.